The third kappa shape index (κ3) is 6.34. The van der Waals surface area contributed by atoms with Crippen LogP contribution in [0.25, 0.3) is 0 Å². The van der Waals surface area contributed by atoms with Gasteiger partial charge in [0.05, 0.1) is 6.54 Å². The van der Waals surface area contributed by atoms with Crippen molar-refractivity contribution in [3.05, 3.63) is 35.9 Å². The summed E-state index contributed by atoms with van der Waals surface area (Å²) in [5.74, 6) is 0.606. The van der Waals surface area contributed by atoms with Crippen molar-refractivity contribution in [2.75, 3.05) is 6.54 Å². The van der Waals surface area contributed by atoms with Crippen molar-refractivity contribution in [3.63, 3.8) is 0 Å². The molecule has 1 atom stereocenters. The van der Waals surface area contributed by atoms with Crippen LogP contribution in [0, 0.1) is 11.8 Å². The number of hydrogen-bond donors (Lipinski definition) is 2. The summed E-state index contributed by atoms with van der Waals surface area (Å²) in [6, 6.07) is 9.77. The molecule has 1 aromatic rings. The molecule has 2 amide bonds. The first-order chi connectivity index (χ1) is 11.7. The van der Waals surface area contributed by atoms with Crippen LogP contribution in [-0.4, -0.2) is 18.4 Å². The van der Waals surface area contributed by atoms with E-state index in [1.54, 1.807) is 0 Å². The van der Waals surface area contributed by atoms with Crippen molar-refractivity contribution in [1.82, 2.24) is 10.6 Å². The number of hydrogen-bond acceptors (Lipinski definition) is 2. The van der Waals surface area contributed by atoms with Gasteiger partial charge in [-0.05, 0) is 24.3 Å². The minimum absolute atomic E-state index is 0.0259. The first-order valence-electron chi connectivity index (χ1n) is 9.27. The average Bonchev–Trinajstić information content (AvgIpc) is 2.64. The van der Waals surface area contributed by atoms with Gasteiger partial charge in [0.2, 0.25) is 11.8 Å². The van der Waals surface area contributed by atoms with Gasteiger partial charge in [-0.15, -0.1) is 0 Å². The van der Waals surface area contributed by atoms with Gasteiger partial charge in [-0.3, -0.25) is 9.59 Å². The molecule has 2 N–H and O–H groups in total. The van der Waals surface area contributed by atoms with Gasteiger partial charge in [-0.1, -0.05) is 69.4 Å². The van der Waals surface area contributed by atoms with Crippen LogP contribution in [0.3, 0.4) is 0 Å². The fourth-order valence-electron chi connectivity index (χ4n) is 3.46. The number of benzene rings is 1. The molecule has 0 radical (unpaired) electrons. The highest BCUT2D eigenvalue weighted by Gasteiger charge is 2.23. The minimum Gasteiger partial charge on any atom is -0.350 e. The highest BCUT2D eigenvalue weighted by atomic mass is 16.2. The predicted molar refractivity (Wildman–Crippen MR) is 96.3 cm³/mol. The SMILES string of the molecule is CCC(CC1CCCCC1)C(=O)NCC(=O)NCc1ccccc1. The van der Waals surface area contributed by atoms with E-state index in [-0.39, 0.29) is 24.3 Å². The molecule has 1 aliphatic rings. The quantitative estimate of drug-likeness (QED) is 0.767. The third-order valence-corrected chi connectivity index (χ3v) is 4.96. The molecule has 1 fully saturated rings. The monoisotopic (exact) mass is 330 g/mol. The Morgan fingerprint density at radius 3 is 2.46 bits per heavy atom. The van der Waals surface area contributed by atoms with Crippen LogP contribution in [0.5, 0.6) is 0 Å². The van der Waals surface area contributed by atoms with Crippen LogP contribution in [0.2, 0.25) is 0 Å². The Hall–Kier alpha value is -1.84. The van der Waals surface area contributed by atoms with E-state index in [4.69, 9.17) is 0 Å². The van der Waals surface area contributed by atoms with E-state index < -0.39 is 0 Å². The second kappa shape index (κ2) is 10.1. The van der Waals surface area contributed by atoms with E-state index in [0.29, 0.717) is 12.5 Å². The van der Waals surface area contributed by atoms with Gasteiger partial charge >= 0.3 is 0 Å². The molecule has 2 rings (SSSR count). The van der Waals surface area contributed by atoms with E-state index in [1.165, 1.54) is 32.1 Å². The number of nitrogens with one attached hydrogen (secondary N) is 2. The molecule has 4 nitrogen and oxygen atoms in total. The summed E-state index contributed by atoms with van der Waals surface area (Å²) >= 11 is 0. The van der Waals surface area contributed by atoms with Crippen LogP contribution in [-0.2, 0) is 16.1 Å². The second-order valence-electron chi connectivity index (χ2n) is 6.83. The zero-order valence-corrected chi connectivity index (χ0v) is 14.7. The third-order valence-electron chi connectivity index (χ3n) is 4.96. The number of rotatable bonds is 8. The first kappa shape index (κ1) is 18.5. The number of amides is 2. The second-order valence-corrected chi connectivity index (χ2v) is 6.83. The summed E-state index contributed by atoms with van der Waals surface area (Å²) in [6.07, 6.45) is 8.24. The Balaban J connectivity index is 1.68. The fourth-order valence-corrected chi connectivity index (χ4v) is 3.46. The molecule has 1 aliphatic carbocycles. The van der Waals surface area contributed by atoms with Crippen molar-refractivity contribution in [3.8, 4) is 0 Å². The largest absolute Gasteiger partial charge is 0.350 e. The maximum absolute atomic E-state index is 12.3. The van der Waals surface area contributed by atoms with E-state index in [2.05, 4.69) is 17.6 Å². The average molecular weight is 330 g/mol. The van der Waals surface area contributed by atoms with Crippen LogP contribution >= 0.6 is 0 Å². The lowest BCUT2D eigenvalue weighted by Gasteiger charge is -2.25. The lowest BCUT2D eigenvalue weighted by molar-refractivity contribution is -0.129. The Morgan fingerprint density at radius 1 is 1.08 bits per heavy atom. The fraction of sp³-hybridized carbons (Fsp3) is 0.600. The van der Waals surface area contributed by atoms with E-state index in [1.807, 2.05) is 30.3 Å². The molecule has 4 heteroatoms. The molecular weight excluding hydrogens is 300 g/mol. The maximum Gasteiger partial charge on any atom is 0.239 e. The summed E-state index contributed by atoms with van der Waals surface area (Å²) in [7, 11) is 0. The van der Waals surface area contributed by atoms with Gasteiger partial charge < -0.3 is 10.6 Å². The lowest BCUT2D eigenvalue weighted by atomic mass is 9.82. The van der Waals surface area contributed by atoms with Crippen molar-refractivity contribution < 1.29 is 9.59 Å². The Labute approximate surface area is 145 Å². The summed E-state index contributed by atoms with van der Waals surface area (Å²) in [5.41, 5.74) is 1.06. The molecule has 0 heterocycles. The van der Waals surface area contributed by atoms with Crippen molar-refractivity contribution >= 4 is 11.8 Å². The standard InChI is InChI=1S/C20H30N2O2/c1-2-18(13-16-9-5-3-6-10-16)20(24)22-15-19(23)21-14-17-11-7-4-8-12-17/h4,7-8,11-12,16,18H,2-3,5-6,9-10,13-15H2,1H3,(H,21,23)(H,22,24). The van der Waals surface area contributed by atoms with Crippen LogP contribution in [0.1, 0.15) is 57.4 Å². The topological polar surface area (TPSA) is 58.2 Å². The Bertz CT molecular complexity index is 510. The Morgan fingerprint density at radius 2 is 1.79 bits per heavy atom. The highest BCUT2D eigenvalue weighted by Crippen LogP contribution is 2.30. The predicted octanol–water partition coefficient (Wildman–Crippen LogP) is 3.42. The molecule has 0 saturated heterocycles. The molecule has 1 aromatic carbocycles. The molecule has 0 aliphatic heterocycles. The van der Waals surface area contributed by atoms with E-state index >= 15 is 0 Å². The zero-order valence-electron chi connectivity index (χ0n) is 14.7. The molecule has 1 saturated carbocycles. The van der Waals surface area contributed by atoms with E-state index in [0.717, 1.165) is 18.4 Å². The first-order valence-corrected chi connectivity index (χ1v) is 9.27. The summed E-state index contributed by atoms with van der Waals surface area (Å²) in [4.78, 5) is 24.2. The molecule has 132 valence electrons. The van der Waals surface area contributed by atoms with Gasteiger partial charge in [0.1, 0.15) is 0 Å². The number of carbonyl (C=O) groups is 2. The maximum atomic E-state index is 12.3. The summed E-state index contributed by atoms with van der Waals surface area (Å²) < 4.78 is 0. The molecular formula is C20H30N2O2. The summed E-state index contributed by atoms with van der Waals surface area (Å²) in [5, 5.41) is 5.65. The Kier molecular flexibility index (Phi) is 7.80. The van der Waals surface area contributed by atoms with Gasteiger partial charge in [0.15, 0.2) is 0 Å². The van der Waals surface area contributed by atoms with Crippen molar-refractivity contribution in [2.24, 2.45) is 11.8 Å². The van der Waals surface area contributed by atoms with Crippen molar-refractivity contribution in [2.45, 2.75) is 58.4 Å². The van der Waals surface area contributed by atoms with E-state index in [9.17, 15) is 9.59 Å². The normalized spacial score (nSPS) is 16.4. The number of carbonyl (C=O) groups excluding carboxylic acids is 2. The lowest BCUT2D eigenvalue weighted by Crippen LogP contribution is -2.39. The molecule has 1 unspecified atom stereocenters. The van der Waals surface area contributed by atoms with Crippen LogP contribution in [0.15, 0.2) is 30.3 Å². The van der Waals surface area contributed by atoms with Gasteiger partial charge in [0.25, 0.3) is 0 Å². The van der Waals surface area contributed by atoms with Crippen LogP contribution in [0.4, 0.5) is 0 Å². The summed E-state index contributed by atoms with van der Waals surface area (Å²) in [6.45, 7) is 2.62. The highest BCUT2D eigenvalue weighted by molar-refractivity contribution is 5.85. The van der Waals surface area contributed by atoms with Crippen LogP contribution < -0.4 is 10.6 Å². The van der Waals surface area contributed by atoms with Gasteiger partial charge in [-0.25, -0.2) is 0 Å². The van der Waals surface area contributed by atoms with Crippen molar-refractivity contribution in [1.29, 1.82) is 0 Å². The zero-order chi connectivity index (χ0) is 17.2. The van der Waals surface area contributed by atoms with Gasteiger partial charge in [0, 0.05) is 12.5 Å². The molecule has 24 heavy (non-hydrogen) atoms. The smallest absolute Gasteiger partial charge is 0.239 e. The van der Waals surface area contributed by atoms with Gasteiger partial charge in [-0.2, -0.15) is 0 Å². The molecule has 0 aromatic heterocycles. The minimum atomic E-state index is -0.139. The molecule has 0 bridgehead atoms. The molecule has 0 spiro atoms.